The lowest BCUT2D eigenvalue weighted by Crippen LogP contribution is -2.28. The number of hydrogen-bond acceptors (Lipinski definition) is 3. The zero-order valence-electron chi connectivity index (χ0n) is 6.58. The van der Waals surface area contributed by atoms with E-state index < -0.39 is 0 Å². The van der Waals surface area contributed by atoms with E-state index in [1.54, 1.807) is 0 Å². The number of hydrogen-bond donors (Lipinski definition) is 2. The van der Waals surface area contributed by atoms with Gasteiger partial charge in [-0.15, -0.1) is 0 Å². The van der Waals surface area contributed by atoms with Gasteiger partial charge in [0.05, 0.1) is 13.3 Å². The van der Waals surface area contributed by atoms with Gasteiger partial charge in [-0.25, -0.2) is 0 Å². The highest BCUT2D eigenvalue weighted by atomic mass is 16.3. The van der Waals surface area contributed by atoms with Crippen molar-refractivity contribution in [2.24, 2.45) is 0 Å². The predicted molar refractivity (Wildman–Crippen MR) is 40.7 cm³/mol. The summed E-state index contributed by atoms with van der Waals surface area (Å²) in [6.07, 6.45) is 2.21. The number of nitrogens with zero attached hydrogens (tertiary/aromatic N) is 1. The van der Waals surface area contributed by atoms with E-state index in [0.29, 0.717) is 6.54 Å². The van der Waals surface area contributed by atoms with Gasteiger partial charge in [-0.05, 0) is 6.42 Å². The summed E-state index contributed by atoms with van der Waals surface area (Å²) < 4.78 is 0. The van der Waals surface area contributed by atoms with Crippen molar-refractivity contribution in [1.29, 1.82) is 0 Å². The molecule has 0 saturated heterocycles. The lowest BCUT2D eigenvalue weighted by Gasteiger charge is -2.16. The molecule has 0 saturated carbocycles. The molecule has 0 radical (unpaired) electrons. The highest BCUT2D eigenvalue weighted by Gasteiger charge is 1.98. The third-order valence-electron chi connectivity index (χ3n) is 1.44. The maximum atomic E-state index is 8.70. The van der Waals surface area contributed by atoms with Crippen molar-refractivity contribution in [1.82, 2.24) is 4.90 Å². The molecule has 0 aromatic carbocycles. The van der Waals surface area contributed by atoms with Gasteiger partial charge in [-0.2, -0.15) is 0 Å². The fourth-order valence-electron chi connectivity index (χ4n) is 0.776. The van der Waals surface area contributed by atoms with Crippen LogP contribution in [0, 0.1) is 0 Å². The Hall–Kier alpha value is -0.120. The quantitative estimate of drug-likeness (QED) is 0.521. The average Bonchev–Trinajstić information content (AvgIpc) is 1.98. The lowest BCUT2D eigenvalue weighted by molar-refractivity contribution is 0.0866. The van der Waals surface area contributed by atoms with Crippen LogP contribution < -0.4 is 0 Å². The molecule has 0 spiro atoms. The molecule has 10 heavy (non-hydrogen) atoms. The molecule has 62 valence electrons. The number of unbranched alkanes of at least 4 members (excludes halogenated alkanes) is 1. The Morgan fingerprint density at radius 3 is 2.30 bits per heavy atom. The third kappa shape index (κ3) is 4.73. The molecule has 0 amide bonds. The number of rotatable bonds is 6. The monoisotopic (exact) mass is 147 g/mol. The van der Waals surface area contributed by atoms with Crippen LogP contribution in [0.3, 0.4) is 0 Å². The van der Waals surface area contributed by atoms with Gasteiger partial charge in [0.1, 0.15) is 0 Å². The van der Waals surface area contributed by atoms with Gasteiger partial charge in [-0.3, -0.25) is 4.90 Å². The first-order chi connectivity index (χ1) is 4.85. The summed E-state index contributed by atoms with van der Waals surface area (Å²) in [5.74, 6) is 0. The molecule has 0 aromatic rings. The van der Waals surface area contributed by atoms with Gasteiger partial charge in [0.25, 0.3) is 0 Å². The number of aliphatic hydroxyl groups excluding tert-OH is 2. The summed E-state index contributed by atoms with van der Waals surface area (Å²) in [5.41, 5.74) is 0. The average molecular weight is 147 g/mol. The first-order valence-electron chi connectivity index (χ1n) is 3.79. The summed E-state index contributed by atoms with van der Waals surface area (Å²) in [7, 11) is 0. The Balaban J connectivity index is 3.21. The molecule has 0 unspecified atom stereocenters. The highest BCUT2D eigenvalue weighted by Crippen LogP contribution is 1.91. The molecule has 2 N–H and O–H groups in total. The summed E-state index contributed by atoms with van der Waals surface area (Å²) in [6, 6.07) is 0. The second kappa shape index (κ2) is 6.99. The minimum absolute atomic E-state index is 0.0561. The maximum absolute atomic E-state index is 8.70. The molecular weight excluding hydrogens is 130 g/mol. The first kappa shape index (κ1) is 9.88. The topological polar surface area (TPSA) is 43.7 Å². The predicted octanol–water partition coefficient (Wildman–Crippen LogP) is 0.0306. The Labute approximate surface area is 62.3 Å². The standard InChI is InChI=1S/C7H17NO2/c1-2-3-4-8(7-10)5-6-9/h9-10H,2-7H2,1H3. The van der Waals surface area contributed by atoms with Gasteiger partial charge in [0, 0.05) is 13.1 Å². The SMILES string of the molecule is CCCCN(CO)CCO. The largest absolute Gasteiger partial charge is 0.395 e. The molecule has 3 nitrogen and oxygen atoms in total. The van der Waals surface area contributed by atoms with Gasteiger partial charge in [0.2, 0.25) is 0 Å². The van der Waals surface area contributed by atoms with Crippen molar-refractivity contribution in [2.75, 3.05) is 26.4 Å². The third-order valence-corrected chi connectivity index (χ3v) is 1.44. The Morgan fingerprint density at radius 2 is 1.90 bits per heavy atom. The second-order valence-corrected chi connectivity index (χ2v) is 2.34. The first-order valence-corrected chi connectivity index (χ1v) is 3.79. The van der Waals surface area contributed by atoms with E-state index in [4.69, 9.17) is 10.2 Å². The van der Waals surface area contributed by atoms with Crippen LogP contribution in [0.15, 0.2) is 0 Å². The van der Waals surface area contributed by atoms with Crippen LogP contribution in [0.1, 0.15) is 19.8 Å². The molecule has 0 aliphatic heterocycles. The minimum Gasteiger partial charge on any atom is -0.395 e. The summed E-state index contributed by atoms with van der Waals surface area (Å²) in [5, 5.41) is 17.2. The van der Waals surface area contributed by atoms with Gasteiger partial charge in [-0.1, -0.05) is 13.3 Å². The van der Waals surface area contributed by atoms with Gasteiger partial charge < -0.3 is 10.2 Å². The fourth-order valence-corrected chi connectivity index (χ4v) is 0.776. The normalized spacial score (nSPS) is 10.8. The second-order valence-electron chi connectivity index (χ2n) is 2.34. The molecule has 3 heteroatoms. The van der Waals surface area contributed by atoms with Crippen LogP contribution in [0.5, 0.6) is 0 Å². The summed E-state index contributed by atoms with van der Waals surface area (Å²) in [6.45, 7) is 3.75. The van der Waals surface area contributed by atoms with E-state index >= 15 is 0 Å². The smallest absolute Gasteiger partial charge is 0.0957 e. The van der Waals surface area contributed by atoms with Crippen molar-refractivity contribution >= 4 is 0 Å². The van der Waals surface area contributed by atoms with E-state index in [9.17, 15) is 0 Å². The zero-order valence-corrected chi connectivity index (χ0v) is 6.58. The molecule has 0 bridgehead atoms. The Bertz CT molecular complexity index is 68.6. The molecule has 0 aromatic heterocycles. The van der Waals surface area contributed by atoms with Gasteiger partial charge >= 0.3 is 0 Å². The molecule has 0 aliphatic rings. The van der Waals surface area contributed by atoms with E-state index in [0.717, 1.165) is 19.4 Å². The maximum Gasteiger partial charge on any atom is 0.0957 e. The Morgan fingerprint density at radius 1 is 1.20 bits per heavy atom. The van der Waals surface area contributed by atoms with E-state index in [1.807, 2.05) is 4.90 Å². The molecule has 0 rings (SSSR count). The van der Waals surface area contributed by atoms with Gasteiger partial charge in [0.15, 0.2) is 0 Å². The molecule has 0 fully saturated rings. The van der Waals surface area contributed by atoms with Crippen molar-refractivity contribution in [2.45, 2.75) is 19.8 Å². The van der Waals surface area contributed by atoms with Crippen molar-refractivity contribution in [3.05, 3.63) is 0 Å². The van der Waals surface area contributed by atoms with E-state index in [2.05, 4.69) is 6.92 Å². The van der Waals surface area contributed by atoms with Crippen molar-refractivity contribution in [3.63, 3.8) is 0 Å². The molecule has 0 heterocycles. The van der Waals surface area contributed by atoms with Crippen LogP contribution in [-0.4, -0.2) is 41.5 Å². The fraction of sp³-hybridized carbons (Fsp3) is 1.00. The highest BCUT2D eigenvalue weighted by molar-refractivity contribution is 4.50. The minimum atomic E-state index is 0.0561. The number of aliphatic hydroxyl groups is 2. The van der Waals surface area contributed by atoms with Crippen LogP contribution >= 0.6 is 0 Å². The zero-order chi connectivity index (χ0) is 7.82. The van der Waals surface area contributed by atoms with E-state index in [1.165, 1.54) is 0 Å². The Kier molecular flexibility index (Phi) is 6.91. The molecule has 0 atom stereocenters. The van der Waals surface area contributed by atoms with Crippen LogP contribution in [0.2, 0.25) is 0 Å². The lowest BCUT2D eigenvalue weighted by atomic mass is 10.3. The van der Waals surface area contributed by atoms with Crippen molar-refractivity contribution < 1.29 is 10.2 Å². The van der Waals surface area contributed by atoms with Crippen molar-refractivity contribution in [3.8, 4) is 0 Å². The molecular formula is C7H17NO2. The van der Waals surface area contributed by atoms with Crippen LogP contribution in [0.25, 0.3) is 0 Å². The summed E-state index contributed by atoms with van der Waals surface area (Å²) in [4.78, 5) is 1.82. The van der Waals surface area contributed by atoms with Crippen LogP contribution in [-0.2, 0) is 0 Å². The molecule has 0 aliphatic carbocycles. The summed E-state index contributed by atoms with van der Waals surface area (Å²) >= 11 is 0. The van der Waals surface area contributed by atoms with E-state index in [-0.39, 0.29) is 13.3 Å². The van der Waals surface area contributed by atoms with Crippen LogP contribution in [0.4, 0.5) is 0 Å².